The van der Waals surface area contributed by atoms with Crippen LogP contribution in [0, 0.1) is 0 Å². The van der Waals surface area contributed by atoms with Gasteiger partial charge in [-0.2, -0.15) is 0 Å². The molecule has 1 aliphatic carbocycles. The zero-order valence-corrected chi connectivity index (χ0v) is 7.73. The van der Waals surface area contributed by atoms with Gasteiger partial charge in [-0.05, 0) is 31.3 Å². The number of hydrogen-bond donors (Lipinski definition) is 1. The van der Waals surface area contributed by atoms with E-state index in [4.69, 9.17) is 5.73 Å². The molecule has 64 valence electrons. The lowest BCUT2D eigenvalue weighted by atomic mass is 9.98. The van der Waals surface area contributed by atoms with Crippen molar-refractivity contribution in [3.63, 3.8) is 0 Å². The van der Waals surface area contributed by atoms with Crippen LogP contribution in [0.15, 0.2) is 11.5 Å². The summed E-state index contributed by atoms with van der Waals surface area (Å²) in [4.78, 5) is 4.26. The average Bonchev–Trinajstić information content (AvgIpc) is 2.54. The van der Waals surface area contributed by atoms with E-state index in [2.05, 4.69) is 11.1 Å². The molecule has 0 saturated carbocycles. The van der Waals surface area contributed by atoms with Gasteiger partial charge in [0, 0.05) is 5.38 Å². The number of anilines is 1. The second kappa shape index (κ2) is 3.27. The standard InChI is InChI=1S/C9H12N2S/c10-9-11-8(6-12-9)7-4-2-1-3-5-7/h4,6H,1-3,5H2,(H2,10,11). The van der Waals surface area contributed by atoms with Crippen molar-refractivity contribution in [2.75, 3.05) is 5.73 Å². The van der Waals surface area contributed by atoms with E-state index < -0.39 is 0 Å². The number of hydrogen-bond acceptors (Lipinski definition) is 3. The highest BCUT2D eigenvalue weighted by molar-refractivity contribution is 7.13. The quantitative estimate of drug-likeness (QED) is 0.721. The minimum Gasteiger partial charge on any atom is -0.375 e. The third-order valence-electron chi connectivity index (χ3n) is 2.14. The maximum atomic E-state index is 5.57. The van der Waals surface area contributed by atoms with Crippen LogP contribution in [0.25, 0.3) is 5.57 Å². The first-order chi connectivity index (χ1) is 5.86. The summed E-state index contributed by atoms with van der Waals surface area (Å²) in [6.07, 6.45) is 7.28. The molecule has 1 aromatic heterocycles. The lowest BCUT2D eigenvalue weighted by Gasteiger charge is -2.09. The molecule has 0 aliphatic heterocycles. The first-order valence-electron chi connectivity index (χ1n) is 4.26. The van der Waals surface area contributed by atoms with Gasteiger partial charge in [-0.25, -0.2) is 4.98 Å². The number of nitrogens with two attached hydrogens (primary N) is 1. The van der Waals surface area contributed by atoms with E-state index in [1.54, 1.807) is 0 Å². The summed E-state index contributed by atoms with van der Waals surface area (Å²) in [5, 5.41) is 2.73. The Hall–Kier alpha value is -0.830. The van der Waals surface area contributed by atoms with Crippen LogP contribution in [0.3, 0.4) is 0 Å². The minimum atomic E-state index is 0.677. The fourth-order valence-electron chi connectivity index (χ4n) is 1.51. The summed E-state index contributed by atoms with van der Waals surface area (Å²) in [7, 11) is 0. The number of nitrogens with zero attached hydrogens (tertiary/aromatic N) is 1. The predicted molar refractivity (Wildman–Crippen MR) is 53.0 cm³/mol. The van der Waals surface area contributed by atoms with Gasteiger partial charge in [0.25, 0.3) is 0 Å². The van der Waals surface area contributed by atoms with Gasteiger partial charge in [0.05, 0.1) is 5.69 Å². The van der Waals surface area contributed by atoms with Crippen molar-refractivity contribution in [1.29, 1.82) is 0 Å². The van der Waals surface area contributed by atoms with E-state index in [1.807, 2.05) is 5.38 Å². The van der Waals surface area contributed by atoms with Crippen LogP contribution in [0.1, 0.15) is 31.4 Å². The minimum absolute atomic E-state index is 0.677. The van der Waals surface area contributed by atoms with Crippen LogP contribution >= 0.6 is 11.3 Å². The number of thiazole rings is 1. The Labute approximate surface area is 76.1 Å². The topological polar surface area (TPSA) is 38.9 Å². The van der Waals surface area contributed by atoms with Crippen molar-refractivity contribution in [1.82, 2.24) is 4.98 Å². The summed E-state index contributed by atoms with van der Waals surface area (Å²) in [6.45, 7) is 0. The van der Waals surface area contributed by atoms with Gasteiger partial charge in [0.15, 0.2) is 5.13 Å². The third kappa shape index (κ3) is 1.50. The molecule has 1 heterocycles. The molecule has 0 fully saturated rings. The number of allylic oxidation sites excluding steroid dienone is 2. The Morgan fingerprint density at radius 1 is 1.42 bits per heavy atom. The van der Waals surface area contributed by atoms with Crippen LogP contribution in [0.4, 0.5) is 5.13 Å². The van der Waals surface area contributed by atoms with Crippen LogP contribution in [-0.4, -0.2) is 4.98 Å². The van der Waals surface area contributed by atoms with Gasteiger partial charge >= 0.3 is 0 Å². The zero-order valence-electron chi connectivity index (χ0n) is 6.92. The van der Waals surface area contributed by atoms with Gasteiger partial charge in [-0.15, -0.1) is 11.3 Å². The van der Waals surface area contributed by atoms with Gasteiger partial charge in [0.2, 0.25) is 0 Å². The van der Waals surface area contributed by atoms with Crippen LogP contribution < -0.4 is 5.73 Å². The Morgan fingerprint density at radius 2 is 2.33 bits per heavy atom. The summed E-state index contributed by atoms with van der Waals surface area (Å²) in [6, 6.07) is 0. The second-order valence-corrected chi connectivity index (χ2v) is 3.94. The molecular formula is C9H12N2S. The Kier molecular flexibility index (Phi) is 2.13. The smallest absolute Gasteiger partial charge is 0.180 e. The molecule has 2 N–H and O–H groups in total. The molecule has 3 heteroatoms. The summed E-state index contributed by atoms with van der Waals surface area (Å²) in [5.74, 6) is 0. The van der Waals surface area contributed by atoms with Gasteiger partial charge in [-0.3, -0.25) is 0 Å². The molecule has 0 spiro atoms. The first kappa shape index (κ1) is 7.80. The fraction of sp³-hybridized carbons (Fsp3) is 0.444. The summed E-state index contributed by atoms with van der Waals surface area (Å²) >= 11 is 1.52. The summed E-state index contributed by atoms with van der Waals surface area (Å²) < 4.78 is 0. The molecule has 0 radical (unpaired) electrons. The monoisotopic (exact) mass is 180 g/mol. The van der Waals surface area contributed by atoms with Crippen LogP contribution in [0.5, 0.6) is 0 Å². The molecule has 12 heavy (non-hydrogen) atoms. The molecule has 0 aromatic carbocycles. The molecule has 0 amide bonds. The molecule has 1 aromatic rings. The van der Waals surface area contributed by atoms with Crippen molar-refractivity contribution in [3.05, 3.63) is 17.2 Å². The van der Waals surface area contributed by atoms with Gasteiger partial charge in [0.1, 0.15) is 0 Å². The van der Waals surface area contributed by atoms with Crippen molar-refractivity contribution >= 4 is 22.0 Å². The van der Waals surface area contributed by atoms with Crippen molar-refractivity contribution in [2.45, 2.75) is 25.7 Å². The molecular weight excluding hydrogens is 168 g/mol. The molecule has 2 nitrogen and oxygen atoms in total. The second-order valence-electron chi connectivity index (χ2n) is 3.05. The van der Waals surface area contributed by atoms with E-state index in [-0.39, 0.29) is 0 Å². The van der Waals surface area contributed by atoms with Crippen molar-refractivity contribution in [2.24, 2.45) is 0 Å². The van der Waals surface area contributed by atoms with E-state index in [0.29, 0.717) is 5.13 Å². The molecule has 0 unspecified atom stereocenters. The molecule has 2 rings (SSSR count). The van der Waals surface area contributed by atoms with E-state index in [1.165, 1.54) is 42.6 Å². The average molecular weight is 180 g/mol. The lowest BCUT2D eigenvalue weighted by molar-refractivity contribution is 0.740. The Balaban J connectivity index is 2.23. The lowest BCUT2D eigenvalue weighted by Crippen LogP contribution is -1.92. The SMILES string of the molecule is Nc1nc(C2=CCCCC2)cs1. The fourth-order valence-corrected chi connectivity index (χ4v) is 2.09. The Morgan fingerprint density at radius 3 is 2.92 bits per heavy atom. The summed E-state index contributed by atoms with van der Waals surface area (Å²) in [5.41, 5.74) is 8.04. The van der Waals surface area contributed by atoms with E-state index >= 15 is 0 Å². The van der Waals surface area contributed by atoms with Gasteiger partial charge < -0.3 is 5.73 Å². The zero-order chi connectivity index (χ0) is 8.39. The van der Waals surface area contributed by atoms with Crippen LogP contribution in [-0.2, 0) is 0 Å². The maximum Gasteiger partial charge on any atom is 0.180 e. The number of aromatic nitrogens is 1. The predicted octanol–water partition coefficient (Wildman–Crippen LogP) is 2.68. The van der Waals surface area contributed by atoms with Crippen LogP contribution in [0.2, 0.25) is 0 Å². The third-order valence-corrected chi connectivity index (χ3v) is 2.82. The molecule has 0 atom stereocenters. The Bertz CT molecular complexity index is 301. The molecule has 1 aliphatic rings. The number of nitrogen functional groups attached to an aromatic ring is 1. The first-order valence-corrected chi connectivity index (χ1v) is 5.14. The highest BCUT2D eigenvalue weighted by Gasteiger charge is 2.08. The molecule has 0 bridgehead atoms. The van der Waals surface area contributed by atoms with Crippen molar-refractivity contribution < 1.29 is 0 Å². The normalized spacial score (nSPS) is 17.5. The van der Waals surface area contributed by atoms with E-state index in [0.717, 1.165) is 5.69 Å². The largest absolute Gasteiger partial charge is 0.375 e. The maximum absolute atomic E-state index is 5.57. The van der Waals surface area contributed by atoms with Crippen molar-refractivity contribution in [3.8, 4) is 0 Å². The highest BCUT2D eigenvalue weighted by atomic mass is 32.1. The van der Waals surface area contributed by atoms with Gasteiger partial charge in [-0.1, -0.05) is 6.08 Å². The highest BCUT2D eigenvalue weighted by Crippen LogP contribution is 2.27. The molecule has 0 saturated heterocycles. The van der Waals surface area contributed by atoms with E-state index in [9.17, 15) is 0 Å². The number of rotatable bonds is 1.